The zero-order valence-electron chi connectivity index (χ0n) is 30.7. The standard InChI is InChI=1S/C42H40N6O7/c1-20-10-29(49)36-30(52-20)16-31-37(38(36)50)35-22-5-6-25(13-22)42(40(51)53-39(35)41(2,3)54-31)32(55-42)7-4-21-11-27(47-33(43)12-21)24-14-26(46-34(44)15-24)18-48-17-23-8-9-45-28(23)19-48/h5-6,8-12,14-17,22,25,32,35,39,50H,4,7,13,18-19H2,1-3H3,(H2,43,47)(H2,44,46)/p+1/t22-,25-,32-,35+,39?,42+/m1/s1. The summed E-state index contributed by atoms with van der Waals surface area (Å²) in [5.41, 5.74) is 16.4. The third-order valence-corrected chi connectivity index (χ3v) is 12.0. The van der Waals surface area contributed by atoms with Crippen molar-refractivity contribution in [2.45, 2.75) is 75.9 Å². The number of esters is 1. The van der Waals surface area contributed by atoms with Crippen molar-refractivity contribution in [3.05, 3.63) is 105 Å². The molecule has 4 aromatic rings. The van der Waals surface area contributed by atoms with Crippen LogP contribution in [0.4, 0.5) is 11.6 Å². The minimum Gasteiger partial charge on any atom is -0.507 e. The van der Waals surface area contributed by atoms with Gasteiger partial charge in [-0.25, -0.2) is 14.8 Å². The lowest BCUT2D eigenvalue weighted by molar-refractivity contribution is -0.848. The topological polar surface area (TPSA) is 193 Å². The molecule has 3 aromatic heterocycles. The lowest BCUT2D eigenvalue weighted by atomic mass is 9.71. The monoisotopic (exact) mass is 741 g/mol. The van der Waals surface area contributed by atoms with Gasteiger partial charge in [-0.05, 0) is 81.9 Å². The van der Waals surface area contributed by atoms with Crippen LogP contribution < -0.4 is 26.5 Å². The first kappa shape index (κ1) is 33.8. The number of pyridine rings is 2. The summed E-state index contributed by atoms with van der Waals surface area (Å²) in [5.74, 6) is 0.190. The molecule has 2 bridgehead atoms. The van der Waals surface area contributed by atoms with Gasteiger partial charge >= 0.3 is 5.97 Å². The van der Waals surface area contributed by atoms with Crippen LogP contribution in [0.25, 0.3) is 22.2 Å². The Bertz CT molecular complexity index is 2540. The van der Waals surface area contributed by atoms with E-state index < -0.39 is 29.2 Å². The zero-order chi connectivity index (χ0) is 38.0. The molecule has 8 heterocycles. The molecule has 5 aliphatic heterocycles. The van der Waals surface area contributed by atoms with Crippen molar-refractivity contribution in [1.29, 1.82) is 0 Å². The van der Waals surface area contributed by atoms with Crippen LogP contribution >= 0.6 is 0 Å². The second kappa shape index (κ2) is 11.9. The summed E-state index contributed by atoms with van der Waals surface area (Å²) < 4.78 is 25.0. The number of aromatic hydroxyl groups is 1. The Labute approximate surface area is 316 Å². The number of epoxide rings is 1. The van der Waals surface area contributed by atoms with Gasteiger partial charge in [-0.3, -0.25) is 14.7 Å². The first-order valence-corrected chi connectivity index (χ1v) is 18.8. The molecule has 1 spiro atoms. The van der Waals surface area contributed by atoms with Crippen LogP contribution in [0.5, 0.6) is 11.5 Å². The second-order valence-corrected chi connectivity index (χ2v) is 16.2. The average molecular weight is 742 g/mol. The number of anilines is 2. The predicted molar refractivity (Wildman–Crippen MR) is 203 cm³/mol. The number of nitrogens with one attached hydrogen (secondary N) is 1. The van der Waals surface area contributed by atoms with Gasteiger partial charge in [0.15, 0.2) is 11.0 Å². The molecule has 10 rings (SSSR count). The summed E-state index contributed by atoms with van der Waals surface area (Å²) in [5, 5.41) is 11.7. The Morgan fingerprint density at radius 1 is 1.04 bits per heavy atom. The third kappa shape index (κ3) is 5.39. The van der Waals surface area contributed by atoms with Crippen molar-refractivity contribution in [3.8, 4) is 22.8 Å². The summed E-state index contributed by atoms with van der Waals surface area (Å²) in [6, 6.07) is 10.7. The van der Waals surface area contributed by atoms with Crippen LogP contribution in [0.15, 0.2) is 86.8 Å². The lowest BCUT2D eigenvalue weighted by Gasteiger charge is -2.47. The number of aromatic nitrogens is 2. The van der Waals surface area contributed by atoms with Crippen LogP contribution in [-0.2, 0) is 27.2 Å². The number of ether oxygens (including phenoxy) is 3. The normalized spacial score (nSPS) is 29.2. The highest BCUT2D eigenvalue weighted by Gasteiger charge is 2.70. The van der Waals surface area contributed by atoms with E-state index in [4.69, 9.17) is 30.1 Å². The maximum atomic E-state index is 14.3. The Balaban J connectivity index is 0.891. The molecule has 0 saturated carbocycles. The molecule has 55 heavy (non-hydrogen) atoms. The number of aliphatic imine (C=N–C) groups is 1. The number of nitrogens with two attached hydrogens (primary N) is 2. The van der Waals surface area contributed by atoms with Gasteiger partial charge < -0.3 is 35.2 Å². The number of aryl methyl sites for hydroxylation is 2. The summed E-state index contributed by atoms with van der Waals surface area (Å²) >= 11 is 0. The van der Waals surface area contributed by atoms with E-state index in [0.717, 1.165) is 34.7 Å². The molecular formula is C42H41N6O7+. The Kier molecular flexibility index (Phi) is 7.27. The fourth-order valence-corrected chi connectivity index (χ4v) is 9.59. The molecule has 0 radical (unpaired) electrons. The second-order valence-electron chi connectivity index (χ2n) is 16.2. The van der Waals surface area contributed by atoms with E-state index in [-0.39, 0.29) is 40.1 Å². The smallest absolute Gasteiger partial charge is 0.342 e. The minimum absolute atomic E-state index is 0.0876. The third-order valence-electron chi connectivity index (χ3n) is 12.0. The van der Waals surface area contributed by atoms with E-state index >= 15 is 0 Å². The zero-order valence-corrected chi connectivity index (χ0v) is 30.7. The van der Waals surface area contributed by atoms with Crippen molar-refractivity contribution in [2.24, 2.45) is 16.8 Å². The molecule has 2 unspecified atom stereocenters. The van der Waals surface area contributed by atoms with Crippen LogP contribution in [0.3, 0.4) is 0 Å². The number of phenols is 1. The number of quaternary nitrogens is 1. The van der Waals surface area contributed by atoms with Crippen molar-refractivity contribution in [1.82, 2.24) is 9.97 Å². The first-order valence-electron chi connectivity index (χ1n) is 18.8. The molecule has 1 aliphatic carbocycles. The van der Waals surface area contributed by atoms with Crippen molar-refractivity contribution >= 4 is 34.3 Å². The molecule has 2 saturated heterocycles. The number of rotatable bonds is 6. The number of benzene rings is 1. The van der Waals surface area contributed by atoms with E-state index in [9.17, 15) is 14.7 Å². The van der Waals surface area contributed by atoms with E-state index in [1.165, 1.54) is 11.0 Å². The highest BCUT2D eigenvalue weighted by molar-refractivity contribution is 6.06. The molecule has 6 N–H and O–H groups in total. The number of hydrogen-bond acceptors (Lipinski definition) is 12. The van der Waals surface area contributed by atoms with Crippen molar-refractivity contribution in [3.63, 3.8) is 0 Å². The quantitative estimate of drug-likeness (QED) is 0.128. The van der Waals surface area contributed by atoms with Crippen molar-refractivity contribution in [2.75, 3.05) is 18.0 Å². The highest BCUT2D eigenvalue weighted by Crippen LogP contribution is 2.60. The van der Waals surface area contributed by atoms with Gasteiger partial charge in [0.2, 0.25) is 0 Å². The van der Waals surface area contributed by atoms with Crippen molar-refractivity contribution < 1.29 is 33.4 Å². The van der Waals surface area contributed by atoms with E-state index in [2.05, 4.69) is 33.3 Å². The molecule has 13 heteroatoms. The molecule has 1 aromatic carbocycles. The number of nitrogens with zero attached hydrogens (tertiary/aromatic N) is 3. The van der Waals surface area contributed by atoms with E-state index in [1.807, 2.05) is 44.3 Å². The molecule has 6 aliphatic rings. The van der Waals surface area contributed by atoms with Gasteiger partial charge in [-0.2, -0.15) is 0 Å². The fourth-order valence-electron chi connectivity index (χ4n) is 9.59. The van der Waals surface area contributed by atoms with Gasteiger partial charge in [-0.1, -0.05) is 12.2 Å². The fraction of sp³-hybridized carbons (Fsp3) is 0.357. The number of hydrogen-bond donors (Lipinski definition) is 4. The number of carbonyl (C=O) groups excluding carboxylic acids is 1. The van der Waals surface area contributed by atoms with Gasteiger partial charge in [0.1, 0.15) is 76.6 Å². The number of fused-ring (bicyclic) bond motifs is 9. The summed E-state index contributed by atoms with van der Waals surface area (Å²) in [7, 11) is 0. The summed E-state index contributed by atoms with van der Waals surface area (Å²) in [6.45, 7) is 6.88. The lowest BCUT2D eigenvalue weighted by Crippen LogP contribution is -3.05. The SMILES string of the molecule is Cc1cc(=O)c2c(O)c3c(cc2o1)OC(C)(C)C1OC(=O)[C@]2(O[C@@H]2CCc2cc(N)nc(-c4cc(N)nc(C[NH+]5C=C6C=CN=C6C5)c4)c2)[C@@H]2C=C[C@H](C2)[C@@H]31. The van der Waals surface area contributed by atoms with Crippen LogP contribution in [-0.4, -0.2) is 56.7 Å². The first-order chi connectivity index (χ1) is 26.4. The molecular weight excluding hydrogens is 700 g/mol. The Morgan fingerprint density at radius 3 is 2.71 bits per heavy atom. The van der Waals surface area contributed by atoms with E-state index in [0.29, 0.717) is 60.2 Å². The highest BCUT2D eigenvalue weighted by atomic mass is 16.7. The Morgan fingerprint density at radius 2 is 1.87 bits per heavy atom. The molecule has 0 amide bonds. The predicted octanol–water partition coefficient (Wildman–Crippen LogP) is 3.82. The van der Waals surface area contributed by atoms with E-state index in [1.54, 1.807) is 19.1 Å². The van der Waals surface area contributed by atoms with Gasteiger partial charge in [0.05, 0.1) is 23.1 Å². The van der Waals surface area contributed by atoms with Gasteiger partial charge in [0.25, 0.3) is 0 Å². The maximum Gasteiger partial charge on any atom is 0.342 e. The largest absolute Gasteiger partial charge is 0.507 e. The minimum atomic E-state index is -1.14. The molecule has 2 fully saturated rings. The maximum absolute atomic E-state index is 14.3. The Hall–Kier alpha value is -5.79. The number of phenolic OH excluding ortho intramolecular Hbond substituents is 1. The average Bonchev–Trinajstić information content (AvgIpc) is 3.41. The molecule has 7 atom stereocenters. The van der Waals surface area contributed by atoms with Gasteiger partial charge in [0, 0.05) is 41.3 Å². The van der Waals surface area contributed by atoms with Crippen LogP contribution in [0.1, 0.15) is 55.2 Å². The molecule has 280 valence electrons. The van der Waals surface area contributed by atoms with Crippen LogP contribution in [0, 0.1) is 18.8 Å². The summed E-state index contributed by atoms with van der Waals surface area (Å²) in [4.78, 5) is 42.3. The number of allylic oxidation sites excluding steroid dienone is 2. The van der Waals surface area contributed by atoms with Crippen LogP contribution in [0.2, 0.25) is 0 Å². The molecule has 13 nitrogen and oxygen atoms in total. The van der Waals surface area contributed by atoms with Gasteiger partial charge in [-0.15, -0.1) is 0 Å². The summed E-state index contributed by atoms with van der Waals surface area (Å²) in [6.07, 6.45) is 10.8. The number of carbonyl (C=O) groups is 1. The number of nitrogen functional groups attached to an aromatic ring is 2.